The molecule has 1 N–H and O–H groups in total. The quantitative estimate of drug-likeness (QED) is 0.813. The molecule has 1 fully saturated rings. The second kappa shape index (κ2) is 6.99. The van der Waals surface area contributed by atoms with Crippen molar-refractivity contribution in [2.75, 3.05) is 37.0 Å². The Labute approximate surface area is 148 Å². The Kier molecular flexibility index (Phi) is 5.06. The summed E-state index contributed by atoms with van der Waals surface area (Å²) in [6.07, 6.45) is -0.847. The van der Waals surface area contributed by atoms with Crippen LogP contribution in [-0.4, -0.2) is 70.6 Å². The van der Waals surface area contributed by atoms with E-state index >= 15 is 0 Å². The van der Waals surface area contributed by atoms with Crippen LogP contribution in [0.25, 0.3) is 5.78 Å². The van der Waals surface area contributed by atoms with E-state index in [1.807, 2.05) is 4.90 Å². The number of nitrogens with one attached hydrogen (secondary N) is 1. The molecule has 3 rings (SSSR count). The van der Waals surface area contributed by atoms with E-state index in [2.05, 4.69) is 20.4 Å². The SMILES string of the molecule is CS(=O)(=O)CCN1CCC(Nc2cc(C(F)(F)F)nc3ncnn23)CC1. The largest absolute Gasteiger partial charge is 0.433 e. The second-order valence-electron chi connectivity index (χ2n) is 6.39. The lowest BCUT2D eigenvalue weighted by atomic mass is 10.1. The first-order valence-electron chi connectivity index (χ1n) is 8.06. The van der Waals surface area contributed by atoms with Gasteiger partial charge in [0.05, 0.1) is 5.75 Å². The van der Waals surface area contributed by atoms with Crippen molar-refractivity contribution in [2.24, 2.45) is 0 Å². The first-order valence-corrected chi connectivity index (χ1v) is 10.1. The standard InChI is InChI=1S/C14H19F3N6O2S/c1-26(24,25)7-6-22-4-2-10(3-5-22)20-12-8-11(14(15,16)17)21-13-18-9-19-23(12)13/h8-10,20H,2-7H2,1H3. The smallest absolute Gasteiger partial charge is 0.367 e. The summed E-state index contributed by atoms with van der Waals surface area (Å²) >= 11 is 0. The van der Waals surface area contributed by atoms with Gasteiger partial charge in [0.15, 0.2) is 5.69 Å². The summed E-state index contributed by atoms with van der Waals surface area (Å²) in [5.41, 5.74) is -1.02. The number of nitrogens with zero attached hydrogens (tertiary/aromatic N) is 5. The summed E-state index contributed by atoms with van der Waals surface area (Å²) in [6.45, 7) is 1.81. The molecule has 0 radical (unpaired) electrons. The maximum absolute atomic E-state index is 13.0. The van der Waals surface area contributed by atoms with E-state index in [1.165, 1.54) is 10.8 Å². The molecule has 2 aromatic rings. The number of likely N-dealkylation sites (tertiary alicyclic amines) is 1. The van der Waals surface area contributed by atoms with Gasteiger partial charge in [-0.05, 0) is 12.8 Å². The molecule has 0 saturated carbocycles. The zero-order valence-corrected chi connectivity index (χ0v) is 14.9. The molecule has 0 unspecified atom stereocenters. The predicted octanol–water partition coefficient (Wildman–Crippen LogP) is 1.06. The fourth-order valence-corrected chi connectivity index (χ4v) is 3.46. The van der Waals surface area contributed by atoms with Crippen molar-refractivity contribution in [1.29, 1.82) is 0 Å². The number of sulfone groups is 1. The molecule has 26 heavy (non-hydrogen) atoms. The molecule has 0 atom stereocenters. The van der Waals surface area contributed by atoms with E-state index in [9.17, 15) is 21.6 Å². The summed E-state index contributed by atoms with van der Waals surface area (Å²) in [7, 11) is -3.01. The number of hydrogen-bond donors (Lipinski definition) is 1. The third-order valence-corrected chi connectivity index (χ3v) is 5.18. The Morgan fingerprint density at radius 1 is 1.31 bits per heavy atom. The highest BCUT2D eigenvalue weighted by Crippen LogP contribution is 2.30. The van der Waals surface area contributed by atoms with Gasteiger partial charge >= 0.3 is 6.18 Å². The van der Waals surface area contributed by atoms with Crippen molar-refractivity contribution in [3.05, 3.63) is 18.1 Å². The molecule has 0 spiro atoms. The lowest BCUT2D eigenvalue weighted by molar-refractivity contribution is -0.141. The highest BCUT2D eigenvalue weighted by molar-refractivity contribution is 7.90. The van der Waals surface area contributed by atoms with E-state index in [0.717, 1.165) is 12.4 Å². The summed E-state index contributed by atoms with van der Waals surface area (Å²) in [4.78, 5) is 9.26. The van der Waals surface area contributed by atoms with E-state index in [4.69, 9.17) is 0 Å². The summed E-state index contributed by atoms with van der Waals surface area (Å²) in [5.74, 6) is 0.173. The van der Waals surface area contributed by atoms with Crippen LogP contribution in [0.5, 0.6) is 0 Å². The average Bonchev–Trinajstić information content (AvgIpc) is 3.01. The van der Waals surface area contributed by atoms with Crippen molar-refractivity contribution >= 4 is 21.4 Å². The van der Waals surface area contributed by atoms with Gasteiger partial charge in [0.1, 0.15) is 22.0 Å². The molecule has 0 aliphatic carbocycles. The topological polar surface area (TPSA) is 92.5 Å². The summed E-state index contributed by atoms with van der Waals surface area (Å²) in [6, 6.07) is 0.887. The predicted molar refractivity (Wildman–Crippen MR) is 88.6 cm³/mol. The van der Waals surface area contributed by atoms with Crippen LogP contribution in [0.1, 0.15) is 18.5 Å². The molecule has 0 bridgehead atoms. The zero-order valence-electron chi connectivity index (χ0n) is 14.1. The van der Waals surface area contributed by atoms with Crippen LogP contribution in [0.2, 0.25) is 0 Å². The number of rotatable bonds is 5. The van der Waals surface area contributed by atoms with Crippen LogP contribution in [0.15, 0.2) is 12.4 Å². The van der Waals surface area contributed by atoms with E-state index in [1.54, 1.807) is 0 Å². The molecule has 2 aromatic heterocycles. The summed E-state index contributed by atoms with van der Waals surface area (Å²) < 4.78 is 62.7. The highest BCUT2D eigenvalue weighted by atomic mass is 32.2. The van der Waals surface area contributed by atoms with Crippen molar-refractivity contribution < 1.29 is 21.6 Å². The zero-order chi connectivity index (χ0) is 18.9. The van der Waals surface area contributed by atoms with Crippen LogP contribution in [0.4, 0.5) is 19.0 Å². The Morgan fingerprint density at radius 3 is 2.62 bits per heavy atom. The molecule has 8 nitrogen and oxygen atoms in total. The van der Waals surface area contributed by atoms with Gasteiger partial charge in [-0.1, -0.05) is 0 Å². The number of halogens is 3. The third kappa shape index (κ3) is 4.61. The molecule has 12 heteroatoms. The average molecular weight is 392 g/mol. The first kappa shape index (κ1) is 18.8. The van der Waals surface area contributed by atoms with Gasteiger partial charge in [0, 0.05) is 38.0 Å². The highest BCUT2D eigenvalue weighted by Gasteiger charge is 2.34. The lowest BCUT2D eigenvalue weighted by Crippen LogP contribution is -2.41. The van der Waals surface area contributed by atoms with Crippen LogP contribution < -0.4 is 5.32 Å². The van der Waals surface area contributed by atoms with Crippen LogP contribution in [0.3, 0.4) is 0 Å². The number of hydrogen-bond acceptors (Lipinski definition) is 7. The maximum Gasteiger partial charge on any atom is 0.433 e. The third-order valence-electron chi connectivity index (χ3n) is 4.26. The van der Waals surface area contributed by atoms with Crippen LogP contribution >= 0.6 is 0 Å². The van der Waals surface area contributed by atoms with E-state index in [0.29, 0.717) is 32.5 Å². The summed E-state index contributed by atoms with van der Waals surface area (Å²) in [5, 5.41) is 7.01. The Morgan fingerprint density at radius 2 is 2.00 bits per heavy atom. The number of alkyl halides is 3. The molecule has 1 aliphatic heterocycles. The monoisotopic (exact) mass is 392 g/mol. The molecule has 0 aromatic carbocycles. The Bertz CT molecular complexity index is 874. The Hall–Kier alpha value is -1.95. The lowest BCUT2D eigenvalue weighted by Gasteiger charge is -2.32. The molecular formula is C14H19F3N6O2S. The number of fused-ring (bicyclic) bond motifs is 1. The number of aromatic nitrogens is 4. The van der Waals surface area contributed by atoms with Gasteiger partial charge in [-0.3, -0.25) is 0 Å². The fraction of sp³-hybridized carbons (Fsp3) is 0.643. The normalized spacial score (nSPS) is 17.7. The van der Waals surface area contributed by atoms with E-state index in [-0.39, 0.29) is 23.4 Å². The second-order valence-corrected chi connectivity index (χ2v) is 8.65. The molecule has 1 aliphatic rings. The minimum Gasteiger partial charge on any atom is -0.367 e. The fourth-order valence-electron chi connectivity index (χ4n) is 2.87. The number of anilines is 1. The van der Waals surface area contributed by atoms with Crippen molar-refractivity contribution in [1.82, 2.24) is 24.5 Å². The maximum atomic E-state index is 13.0. The van der Waals surface area contributed by atoms with Crippen LogP contribution in [-0.2, 0) is 16.0 Å². The Balaban J connectivity index is 1.68. The first-order chi connectivity index (χ1) is 12.1. The minimum absolute atomic E-state index is 0.0413. The molecule has 3 heterocycles. The molecule has 144 valence electrons. The van der Waals surface area contributed by atoms with Gasteiger partial charge in [-0.25, -0.2) is 13.4 Å². The van der Waals surface area contributed by atoms with E-state index < -0.39 is 21.7 Å². The van der Waals surface area contributed by atoms with Gasteiger partial charge in [-0.15, -0.1) is 0 Å². The minimum atomic E-state index is -4.57. The van der Waals surface area contributed by atoms with Crippen LogP contribution in [0, 0.1) is 0 Å². The number of piperidine rings is 1. The van der Waals surface area contributed by atoms with Gasteiger partial charge in [0.2, 0.25) is 0 Å². The van der Waals surface area contributed by atoms with Gasteiger partial charge in [0.25, 0.3) is 5.78 Å². The molecular weight excluding hydrogens is 373 g/mol. The van der Waals surface area contributed by atoms with Crippen molar-refractivity contribution in [3.8, 4) is 0 Å². The molecule has 1 saturated heterocycles. The van der Waals surface area contributed by atoms with Crippen molar-refractivity contribution in [3.63, 3.8) is 0 Å². The molecule has 0 amide bonds. The van der Waals surface area contributed by atoms with Crippen molar-refractivity contribution in [2.45, 2.75) is 25.1 Å². The van der Waals surface area contributed by atoms with Gasteiger partial charge in [-0.2, -0.15) is 27.8 Å². The van der Waals surface area contributed by atoms with Gasteiger partial charge < -0.3 is 10.2 Å².